The van der Waals surface area contributed by atoms with E-state index in [1.165, 1.54) is 32.4 Å². The summed E-state index contributed by atoms with van der Waals surface area (Å²) in [7, 11) is 2.77. The first-order valence-corrected chi connectivity index (χ1v) is 11.3. The van der Waals surface area contributed by atoms with Gasteiger partial charge in [0.05, 0.1) is 32.1 Å². The molecule has 0 saturated carbocycles. The predicted octanol–water partition coefficient (Wildman–Crippen LogP) is 3.14. The minimum absolute atomic E-state index is 0.00680. The predicted molar refractivity (Wildman–Crippen MR) is 125 cm³/mol. The van der Waals surface area contributed by atoms with Gasteiger partial charge >= 0.3 is 12.1 Å². The van der Waals surface area contributed by atoms with Gasteiger partial charge in [0, 0.05) is 31.7 Å². The van der Waals surface area contributed by atoms with E-state index >= 15 is 0 Å². The fraction of sp³-hybridized carbons (Fsp3) is 0.542. The van der Waals surface area contributed by atoms with Crippen molar-refractivity contribution in [2.24, 2.45) is 0 Å². The summed E-state index contributed by atoms with van der Waals surface area (Å²) in [6, 6.07) is 2.93. The average Bonchev–Trinajstić information content (AvgIpc) is 2.85. The van der Waals surface area contributed by atoms with Crippen molar-refractivity contribution in [1.82, 2.24) is 4.90 Å². The van der Waals surface area contributed by atoms with Crippen molar-refractivity contribution in [2.45, 2.75) is 44.6 Å². The lowest BCUT2D eigenvalue weighted by atomic mass is 9.98. The molecule has 1 aliphatic rings. The monoisotopic (exact) mass is 478 g/mol. The van der Waals surface area contributed by atoms with Crippen LogP contribution in [0, 0.1) is 0 Å². The van der Waals surface area contributed by atoms with Crippen LogP contribution in [-0.4, -0.2) is 74.6 Å². The van der Waals surface area contributed by atoms with Gasteiger partial charge in [-0.05, 0) is 38.2 Å². The number of nitrogens with one attached hydrogen (secondary N) is 1. The highest BCUT2D eigenvalue weighted by atomic mass is 16.5. The van der Waals surface area contributed by atoms with E-state index in [4.69, 9.17) is 14.2 Å². The van der Waals surface area contributed by atoms with E-state index in [1.807, 2.05) is 0 Å². The van der Waals surface area contributed by atoms with Crippen LogP contribution in [0.25, 0.3) is 0 Å². The Labute approximate surface area is 199 Å². The van der Waals surface area contributed by atoms with Gasteiger partial charge in [0.1, 0.15) is 6.61 Å². The van der Waals surface area contributed by atoms with Gasteiger partial charge in [-0.1, -0.05) is 12.7 Å². The minimum Gasteiger partial charge on any atom is -0.493 e. The second kappa shape index (κ2) is 14.1. The van der Waals surface area contributed by atoms with Crippen molar-refractivity contribution in [1.29, 1.82) is 0 Å². The molecule has 0 bridgehead atoms. The topological polar surface area (TPSA) is 124 Å². The molecule has 0 unspecified atom stereocenters. The van der Waals surface area contributed by atoms with Crippen molar-refractivity contribution < 1.29 is 38.4 Å². The Balaban J connectivity index is 2.34. The molecule has 2 N–H and O–H groups in total. The number of aliphatic hydroxyl groups excluding tert-OH is 1. The number of nitrogens with zero attached hydrogens (tertiary/aromatic N) is 1. The van der Waals surface area contributed by atoms with Gasteiger partial charge in [0.25, 0.3) is 5.91 Å². The number of methoxy groups -OCH3 is 2. The Kier molecular flexibility index (Phi) is 11.2. The van der Waals surface area contributed by atoms with Crippen molar-refractivity contribution in [3.05, 3.63) is 30.4 Å². The lowest BCUT2D eigenvalue weighted by Gasteiger charge is -2.36. The van der Waals surface area contributed by atoms with Gasteiger partial charge in [0.2, 0.25) is 0 Å². The van der Waals surface area contributed by atoms with Crippen molar-refractivity contribution in [3.8, 4) is 11.5 Å². The molecule has 1 saturated heterocycles. The van der Waals surface area contributed by atoms with Gasteiger partial charge in [-0.15, -0.1) is 0 Å². The maximum Gasteiger partial charge on any atom is 0.411 e. The molecule has 0 aliphatic carbocycles. The van der Waals surface area contributed by atoms with Gasteiger partial charge in [-0.25, -0.2) is 4.79 Å². The first kappa shape index (κ1) is 27.0. The summed E-state index contributed by atoms with van der Waals surface area (Å²) < 4.78 is 20.8. The summed E-state index contributed by atoms with van der Waals surface area (Å²) in [6.07, 6.45) is 4.41. The Hall–Kier alpha value is -3.27. The number of carbonyl (C=O) groups is 3. The number of carbonyl (C=O) groups excluding carboxylic acids is 3. The van der Waals surface area contributed by atoms with Gasteiger partial charge < -0.3 is 29.0 Å². The molecule has 1 fully saturated rings. The molecule has 0 aromatic heterocycles. The number of hydrogen-bond donors (Lipinski definition) is 2. The summed E-state index contributed by atoms with van der Waals surface area (Å²) in [6.45, 7) is 4.25. The second-order valence-corrected chi connectivity index (χ2v) is 7.75. The Morgan fingerprint density at radius 3 is 2.71 bits per heavy atom. The van der Waals surface area contributed by atoms with Crippen LogP contribution < -0.4 is 14.8 Å². The van der Waals surface area contributed by atoms with Crippen molar-refractivity contribution in [2.75, 3.05) is 45.9 Å². The summed E-state index contributed by atoms with van der Waals surface area (Å²) in [5.41, 5.74) is 0.426. The second-order valence-electron chi connectivity index (χ2n) is 7.75. The first-order chi connectivity index (χ1) is 16.4. The molecular formula is C24H34N2O8. The highest BCUT2D eigenvalue weighted by Gasteiger charge is 2.30. The molecule has 10 nitrogen and oxygen atoms in total. The molecule has 0 radical (unpaired) electrons. The van der Waals surface area contributed by atoms with E-state index in [2.05, 4.69) is 16.6 Å². The number of anilines is 1. The Bertz CT molecular complexity index is 856. The highest BCUT2D eigenvalue weighted by Crippen LogP contribution is 2.35. The quantitative estimate of drug-likeness (QED) is 0.267. The summed E-state index contributed by atoms with van der Waals surface area (Å²) in [5.74, 6) is -0.0221. The lowest BCUT2D eigenvalue weighted by molar-refractivity contribution is -0.140. The van der Waals surface area contributed by atoms with Crippen LogP contribution in [0.2, 0.25) is 0 Å². The third-order valence-corrected chi connectivity index (χ3v) is 5.46. The molecule has 1 aromatic rings. The van der Waals surface area contributed by atoms with Gasteiger partial charge in [-0.3, -0.25) is 14.9 Å². The van der Waals surface area contributed by atoms with Crippen LogP contribution in [0.1, 0.15) is 48.9 Å². The van der Waals surface area contributed by atoms with E-state index in [-0.39, 0.29) is 55.4 Å². The molecule has 188 valence electrons. The highest BCUT2D eigenvalue weighted by molar-refractivity contribution is 6.03. The number of hydrogen-bond acceptors (Lipinski definition) is 8. The smallest absolute Gasteiger partial charge is 0.411 e. The molecule has 1 heterocycles. The number of aliphatic hydroxyl groups is 1. The first-order valence-electron chi connectivity index (χ1n) is 11.3. The fourth-order valence-electron chi connectivity index (χ4n) is 3.77. The molecule has 2 rings (SSSR count). The average molecular weight is 479 g/mol. The number of esters is 1. The number of likely N-dealkylation sites (tertiary alicyclic amines) is 1. The molecular weight excluding hydrogens is 444 g/mol. The number of ether oxygens (including phenoxy) is 4. The molecule has 1 atom stereocenters. The van der Waals surface area contributed by atoms with Crippen LogP contribution in [0.3, 0.4) is 0 Å². The summed E-state index contributed by atoms with van der Waals surface area (Å²) >= 11 is 0. The molecule has 2 amide bonds. The zero-order valence-corrected chi connectivity index (χ0v) is 19.8. The van der Waals surface area contributed by atoms with Gasteiger partial charge in [-0.2, -0.15) is 0 Å². The van der Waals surface area contributed by atoms with Crippen LogP contribution in [0.4, 0.5) is 10.5 Å². The lowest BCUT2D eigenvalue weighted by Crippen LogP contribution is -2.44. The number of benzene rings is 1. The Morgan fingerprint density at radius 2 is 2.03 bits per heavy atom. The van der Waals surface area contributed by atoms with E-state index in [1.54, 1.807) is 4.90 Å². The van der Waals surface area contributed by atoms with Gasteiger partial charge in [0.15, 0.2) is 11.5 Å². The fourth-order valence-corrected chi connectivity index (χ4v) is 3.77. The maximum atomic E-state index is 13.5. The van der Waals surface area contributed by atoms with Crippen LogP contribution >= 0.6 is 0 Å². The number of amides is 2. The number of rotatable bonds is 12. The molecule has 0 spiro atoms. The third kappa shape index (κ3) is 7.65. The van der Waals surface area contributed by atoms with E-state index in [9.17, 15) is 19.5 Å². The summed E-state index contributed by atoms with van der Waals surface area (Å²) in [4.78, 5) is 38.8. The van der Waals surface area contributed by atoms with Crippen molar-refractivity contribution >= 4 is 23.7 Å². The maximum absolute atomic E-state index is 13.5. The Morgan fingerprint density at radius 1 is 1.24 bits per heavy atom. The van der Waals surface area contributed by atoms with Crippen LogP contribution in [0.5, 0.6) is 11.5 Å². The van der Waals surface area contributed by atoms with E-state index in [0.717, 1.165) is 19.3 Å². The molecule has 1 aromatic carbocycles. The number of piperidine rings is 1. The standard InChI is InChI=1S/C24H34N2O8/c1-4-13-34-24(30)25-19-16-21(33-14-7-9-22(28)32-3)20(31-2)15-18(19)23(29)26-11-6-5-8-17(26)10-12-27/h4,15-17,27H,1,5-14H2,2-3H3,(H,25,30)/t17-/m0/s1. The van der Waals surface area contributed by atoms with Crippen molar-refractivity contribution in [3.63, 3.8) is 0 Å². The van der Waals surface area contributed by atoms with Crippen LogP contribution in [-0.2, 0) is 14.3 Å². The normalized spacial score (nSPS) is 15.3. The zero-order valence-electron chi connectivity index (χ0n) is 19.8. The molecule has 34 heavy (non-hydrogen) atoms. The van der Waals surface area contributed by atoms with E-state index in [0.29, 0.717) is 30.9 Å². The largest absolute Gasteiger partial charge is 0.493 e. The third-order valence-electron chi connectivity index (χ3n) is 5.46. The minimum atomic E-state index is -0.749. The molecule has 1 aliphatic heterocycles. The summed E-state index contributed by atoms with van der Waals surface area (Å²) in [5, 5.41) is 12.0. The SMILES string of the molecule is C=CCOC(=O)Nc1cc(OCCCC(=O)OC)c(OC)cc1C(=O)N1CCCC[C@H]1CCO. The van der Waals surface area contributed by atoms with E-state index < -0.39 is 6.09 Å². The zero-order chi connectivity index (χ0) is 24.9. The molecule has 10 heteroatoms. The van der Waals surface area contributed by atoms with Crippen LogP contribution in [0.15, 0.2) is 24.8 Å².